The van der Waals surface area contributed by atoms with E-state index in [-0.39, 0.29) is 28.4 Å². The quantitative estimate of drug-likeness (QED) is 0.718. The molecule has 0 spiro atoms. The molecule has 134 valence electrons. The second-order valence-electron chi connectivity index (χ2n) is 5.59. The number of carboxylic acid groups (broad SMARTS) is 1. The first-order valence-corrected chi connectivity index (χ1v) is 7.90. The number of halogens is 1. The fraction of sp³-hybridized carbons (Fsp3) is 0.0500. The smallest absolute Gasteiger partial charge is 0.341 e. The van der Waals surface area contributed by atoms with Gasteiger partial charge in [-0.1, -0.05) is 30.3 Å². The number of aromatic nitrogens is 1. The summed E-state index contributed by atoms with van der Waals surface area (Å²) in [6, 6.07) is 16.2. The zero-order valence-electron chi connectivity index (χ0n) is 14.0. The lowest BCUT2D eigenvalue weighted by Gasteiger charge is -2.14. The number of carbonyl (C=O) groups is 1. The van der Waals surface area contributed by atoms with Crippen LogP contribution in [0.3, 0.4) is 0 Å². The van der Waals surface area contributed by atoms with E-state index in [1.54, 1.807) is 42.5 Å². The molecule has 0 atom stereocenters. The number of hydrogen-bond donors (Lipinski definition) is 2. The Kier molecular flexibility index (Phi) is 4.99. The third kappa shape index (κ3) is 3.70. The van der Waals surface area contributed by atoms with Gasteiger partial charge in [0.25, 0.3) is 0 Å². The number of anilines is 1. The second kappa shape index (κ2) is 7.54. The predicted molar refractivity (Wildman–Crippen MR) is 97.3 cm³/mol. The molecule has 0 bridgehead atoms. The molecule has 0 radical (unpaired) electrons. The molecule has 3 rings (SSSR count). The highest BCUT2D eigenvalue weighted by molar-refractivity contribution is 5.83. The molecule has 0 amide bonds. The summed E-state index contributed by atoms with van der Waals surface area (Å²) in [5.74, 6) is -1.40. The highest BCUT2D eigenvalue weighted by atomic mass is 19.1. The van der Waals surface area contributed by atoms with Gasteiger partial charge in [0.15, 0.2) is 6.61 Å². The third-order valence-corrected chi connectivity index (χ3v) is 3.84. The highest BCUT2D eigenvalue weighted by Crippen LogP contribution is 2.36. The van der Waals surface area contributed by atoms with Crippen molar-refractivity contribution in [2.75, 3.05) is 12.3 Å². The van der Waals surface area contributed by atoms with Crippen molar-refractivity contribution in [1.82, 2.24) is 4.98 Å². The van der Waals surface area contributed by atoms with Crippen LogP contribution in [0, 0.1) is 17.1 Å². The molecule has 1 aromatic heterocycles. The van der Waals surface area contributed by atoms with E-state index in [0.717, 1.165) is 0 Å². The van der Waals surface area contributed by atoms with Crippen molar-refractivity contribution in [3.8, 4) is 34.2 Å². The van der Waals surface area contributed by atoms with Crippen LogP contribution in [0.5, 0.6) is 5.75 Å². The van der Waals surface area contributed by atoms with Crippen LogP contribution in [-0.4, -0.2) is 22.7 Å². The summed E-state index contributed by atoms with van der Waals surface area (Å²) < 4.78 is 19.5. The van der Waals surface area contributed by atoms with Crippen LogP contribution in [0.4, 0.5) is 10.2 Å². The Balaban J connectivity index is 2.20. The van der Waals surface area contributed by atoms with Gasteiger partial charge in [-0.2, -0.15) is 5.26 Å². The van der Waals surface area contributed by atoms with E-state index in [1.165, 1.54) is 12.1 Å². The molecule has 0 aliphatic heterocycles. The van der Waals surface area contributed by atoms with Crippen molar-refractivity contribution in [3.05, 3.63) is 66.0 Å². The first kappa shape index (κ1) is 17.9. The summed E-state index contributed by atoms with van der Waals surface area (Å²) in [5, 5.41) is 18.4. The number of nitrogen functional groups attached to an aromatic ring is 1. The van der Waals surface area contributed by atoms with Crippen LogP contribution in [0.15, 0.2) is 54.6 Å². The van der Waals surface area contributed by atoms with Crippen LogP contribution < -0.4 is 10.5 Å². The van der Waals surface area contributed by atoms with E-state index >= 15 is 0 Å². The number of pyridine rings is 1. The van der Waals surface area contributed by atoms with Crippen molar-refractivity contribution in [1.29, 1.82) is 5.26 Å². The Hall–Kier alpha value is -3.92. The van der Waals surface area contributed by atoms with Gasteiger partial charge in [0.1, 0.15) is 29.0 Å². The van der Waals surface area contributed by atoms with Gasteiger partial charge in [-0.25, -0.2) is 14.2 Å². The largest absolute Gasteiger partial charge is 0.481 e. The average molecular weight is 363 g/mol. The molecule has 1 heterocycles. The number of rotatable bonds is 5. The molecular weight excluding hydrogens is 349 g/mol. The Labute approximate surface area is 154 Å². The number of nitrogens with two attached hydrogens (primary N) is 1. The zero-order chi connectivity index (χ0) is 19.4. The van der Waals surface area contributed by atoms with Crippen molar-refractivity contribution in [2.45, 2.75) is 0 Å². The van der Waals surface area contributed by atoms with E-state index in [0.29, 0.717) is 11.1 Å². The van der Waals surface area contributed by atoms with Crippen molar-refractivity contribution < 1.29 is 19.0 Å². The topological polar surface area (TPSA) is 109 Å². The Bertz CT molecular complexity index is 1060. The van der Waals surface area contributed by atoms with E-state index in [1.807, 2.05) is 6.07 Å². The lowest BCUT2D eigenvalue weighted by molar-refractivity contribution is -0.139. The molecule has 7 heteroatoms. The molecule has 0 fully saturated rings. The maximum absolute atomic E-state index is 14.2. The SMILES string of the molecule is N#Cc1c(-c2ccccc2OCC(=O)O)cc(-c2ccccc2F)nc1N. The normalized spacial score (nSPS) is 10.2. The molecule has 0 saturated carbocycles. The first-order valence-electron chi connectivity index (χ1n) is 7.90. The minimum absolute atomic E-state index is 0.0544. The van der Waals surface area contributed by atoms with Gasteiger partial charge in [0.05, 0.1) is 5.69 Å². The van der Waals surface area contributed by atoms with Crippen LogP contribution in [0.25, 0.3) is 22.4 Å². The summed E-state index contributed by atoms with van der Waals surface area (Å²) in [6.07, 6.45) is 0. The lowest BCUT2D eigenvalue weighted by Crippen LogP contribution is -2.10. The third-order valence-electron chi connectivity index (χ3n) is 3.84. The Morgan fingerprint density at radius 2 is 1.81 bits per heavy atom. The maximum atomic E-state index is 14.2. The zero-order valence-corrected chi connectivity index (χ0v) is 14.0. The number of ether oxygens (including phenoxy) is 1. The van der Waals surface area contributed by atoms with Gasteiger partial charge in [-0.05, 0) is 24.3 Å². The predicted octanol–water partition coefficient (Wildman–Crippen LogP) is 3.47. The van der Waals surface area contributed by atoms with Crippen LogP contribution in [-0.2, 0) is 4.79 Å². The summed E-state index contributed by atoms with van der Waals surface area (Å²) in [5.41, 5.74) is 7.37. The van der Waals surface area contributed by atoms with E-state index in [2.05, 4.69) is 4.98 Å². The fourth-order valence-electron chi connectivity index (χ4n) is 2.66. The number of benzene rings is 2. The maximum Gasteiger partial charge on any atom is 0.341 e. The summed E-state index contributed by atoms with van der Waals surface area (Å²) in [7, 11) is 0. The average Bonchev–Trinajstić information content (AvgIpc) is 2.66. The van der Waals surface area contributed by atoms with Crippen LogP contribution >= 0.6 is 0 Å². The number of carboxylic acids is 1. The lowest BCUT2D eigenvalue weighted by atomic mass is 9.97. The molecule has 6 nitrogen and oxygen atoms in total. The Morgan fingerprint density at radius 1 is 1.15 bits per heavy atom. The minimum Gasteiger partial charge on any atom is -0.481 e. The summed E-state index contributed by atoms with van der Waals surface area (Å²) in [6.45, 7) is -0.542. The van der Waals surface area contributed by atoms with Crippen LogP contribution in [0.2, 0.25) is 0 Å². The number of para-hydroxylation sites is 1. The molecule has 0 aliphatic carbocycles. The van der Waals surface area contributed by atoms with Gasteiger partial charge < -0.3 is 15.6 Å². The van der Waals surface area contributed by atoms with E-state index in [4.69, 9.17) is 15.6 Å². The number of nitrogens with zero attached hydrogens (tertiary/aromatic N) is 2. The fourth-order valence-corrected chi connectivity index (χ4v) is 2.66. The second-order valence-corrected chi connectivity index (χ2v) is 5.59. The molecule has 27 heavy (non-hydrogen) atoms. The van der Waals surface area contributed by atoms with Gasteiger partial charge in [0, 0.05) is 16.7 Å². The molecule has 0 saturated heterocycles. The first-order chi connectivity index (χ1) is 13.0. The summed E-state index contributed by atoms with van der Waals surface area (Å²) >= 11 is 0. The molecule has 2 aromatic carbocycles. The van der Waals surface area contributed by atoms with Gasteiger partial charge >= 0.3 is 5.97 Å². The standard InChI is InChI=1S/C20H14FN3O3/c21-16-7-3-1-6-13(16)17-9-14(15(10-22)20(23)24-17)12-5-2-4-8-18(12)27-11-19(25)26/h1-9H,11H2,(H2,23,24)(H,25,26). The van der Waals surface area contributed by atoms with Gasteiger partial charge in [-0.15, -0.1) is 0 Å². The van der Waals surface area contributed by atoms with E-state index < -0.39 is 18.4 Å². The van der Waals surface area contributed by atoms with Crippen molar-refractivity contribution >= 4 is 11.8 Å². The molecular formula is C20H14FN3O3. The Morgan fingerprint density at radius 3 is 2.48 bits per heavy atom. The summed E-state index contributed by atoms with van der Waals surface area (Å²) in [4.78, 5) is 15.0. The van der Waals surface area contributed by atoms with Gasteiger partial charge in [-0.3, -0.25) is 0 Å². The molecule has 3 N–H and O–H groups in total. The number of nitriles is 1. The minimum atomic E-state index is -1.13. The molecule has 0 aliphatic rings. The highest BCUT2D eigenvalue weighted by Gasteiger charge is 2.18. The monoisotopic (exact) mass is 363 g/mol. The molecule has 3 aromatic rings. The van der Waals surface area contributed by atoms with E-state index in [9.17, 15) is 14.4 Å². The van der Waals surface area contributed by atoms with Crippen molar-refractivity contribution in [2.24, 2.45) is 0 Å². The number of hydrogen-bond acceptors (Lipinski definition) is 5. The van der Waals surface area contributed by atoms with Gasteiger partial charge in [0.2, 0.25) is 0 Å². The molecule has 0 unspecified atom stereocenters. The van der Waals surface area contributed by atoms with Crippen molar-refractivity contribution in [3.63, 3.8) is 0 Å². The number of aliphatic carboxylic acids is 1. The van der Waals surface area contributed by atoms with Crippen LogP contribution in [0.1, 0.15) is 5.56 Å².